The van der Waals surface area contributed by atoms with Gasteiger partial charge in [-0.3, -0.25) is 14.4 Å². The third-order valence-corrected chi connectivity index (χ3v) is 5.87. The van der Waals surface area contributed by atoms with Gasteiger partial charge < -0.3 is 20.3 Å². The van der Waals surface area contributed by atoms with Gasteiger partial charge in [0, 0.05) is 32.1 Å². The molecule has 0 unspecified atom stereocenters. The van der Waals surface area contributed by atoms with E-state index < -0.39 is 36.0 Å². The molecule has 1 aromatic rings. The molecule has 2 atom stereocenters. The summed E-state index contributed by atoms with van der Waals surface area (Å²) >= 11 is 0. The van der Waals surface area contributed by atoms with Crippen LogP contribution in [0, 0.1) is 0 Å². The Morgan fingerprint density at radius 1 is 1.24 bits per heavy atom. The van der Waals surface area contributed by atoms with E-state index in [-0.39, 0.29) is 32.4 Å². The van der Waals surface area contributed by atoms with E-state index in [0.717, 1.165) is 23.3 Å². The zero-order valence-electron chi connectivity index (χ0n) is 19.6. The third-order valence-electron chi connectivity index (χ3n) is 5.87. The fraction of sp³-hybridized carbons (Fsp3) is 0.625. The number of alkyl halides is 3. The van der Waals surface area contributed by atoms with E-state index in [1.807, 2.05) is 6.92 Å². The predicted octanol–water partition coefficient (Wildman–Crippen LogP) is 3.06. The molecule has 10 heteroatoms. The molecule has 190 valence electrons. The van der Waals surface area contributed by atoms with Crippen molar-refractivity contribution in [3.63, 3.8) is 0 Å². The number of carbonyl (C=O) groups is 3. The van der Waals surface area contributed by atoms with E-state index in [2.05, 4.69) is 0 Å². The van der Waals surface area contributed by atoms with E-state index in [1.165, 1.54) is 4.90 Å². The van der Waals surface area contributed by atoms with Gasteiger partial charge in [-0.2, -0.15) is 13.2 Å². The summed E-state index contributed by atoms with van der Waals surface area (Å²) in [5.41, 5.74) is 6.81. The molecule has 1 fully saturated rings. The van der Waals surface area contributed by atoms with E-state index in [0.29, 0.717) is 26.0 Å². The number of nitrogens with zero attached hydrogens (tertiary/aromatic N) is 2. The van der Waals surface area contributed by atoms with Crippen LogP contribution < -0.4 is 5.73 Å². The van der Waals surface area contributed by atoms with Crippen molar-refractivity contribution < 1.29 is 32.3 Å². The Bertz CT molecular complexity index is 804. The van der Waals surface area contributed by atoms with Crippen LogP contribution in [0.4, 0.5) is 13.2 Å². The number of amides is 2. The van der Waals surface area contributed by atoms with Crippen molar-refractivity contribution in [3.05, 3.63) is 35.9 Å². The van der Waals surface area contributed by atoms with Crippen molar-refractivity contribution in [1.82, 2.24) is 9.80 Å². The van der Waals surface area contributed by atoms with Crippen molar-refractivity contribution in [1.29, 1.82) is 0 Å². The highest BCUT2D eigenvalue weighted by Gasteiger charge is 2.44. The lowest BCUT2D eigenvalue weighted by atomic mass is 10.1. The molecule has 2 rings (SSSR count). The van der Waals surface area contributed by atoms with Crippen molar-refractivity contribution in [2.24, 2.45) is 5.73 Å². The molecule has 0 saturated carbocycles. The molecule has 1 aliphatic rings. The van der Waals surface area contributed by atoms with Gasteiger partial charge in [0.15, 0.2) is 0 Å². The molecule has 2 N–H and O–H groups in total. The number of benzene rings is 1. The van der Waals surface area contributed by atoms with Crippen LogP contribution in [0.25, 0.3) is 0 Å². The van der Waals surface area contributed by atoms with Crippen LogP contribution in [-0.4, -0.2) is 72.1 Å². The minimum Gasteiger partial charge on any atom is -0.466 e. The van der Waals surface area contributed by atoms with Crippen molar-refractivity contribution in [2.45, 2.75) is 70.1 Å². The van der Waals surface area contributed by atoms with E-state index in [9.17, 15) is 27.6 Å². The van der Waals surface area contributed by atoms with Crippen LogP contribution in [-0.2, 0) is 25.5 Å². The van der Waals surface area contributed by atoms with Crippen LogP contribution in [0.3, 0.4) is 0 Å². The Labute approximate surface area is 198 Å². The van der Waals surface area contributed by atoms with E-state index >= 15 is 0 Å². The van der Waals surface area contributed by atoms with Gasteiger partial charge in [0.1, 0.15) is 0 Å². The molecule has 0 spiro atoms. The minimum absolute atomic E-state index is 0.00904. The number of carbonyl (C=O) groups excluding carboxylic acids is 3. The molecule has 7 nitrogen and oxygen atoms in total. The maximum absolute atomic E-state index is 13.2. The SMILES string of the molecule is CCCCOC(=O)CC[C@H](N)C(=O)N1CCC[C@H]1CN(CCc1ccccc1)C(=O)C(F)(F)F. The highest BCUT2D eigenvalue weighted by atomic mass is 19.4. The molecule has 0 radical (unpaired) electrons. The maximum Gasteiger partial charge on any atom is 0.471 e. The average Bonchev–Trinajstić information content (AvgIpc) is 3.27. The molecule has 0 aromatic heterocycles. The first-order chi connectivity index (χ1) is 16.1. The van der Waals surface area contributed by atoms with Crippen LogP contribution in [0.1, 0.15) is 51.0 Å². The second-order valence-electron chi connectivity index (χ2n) is 8.53. The molecule has 0 bridgehead atoms. The summed E-state index contributed by atoms with van der Waals surface area (Å²) in [7, 11) is 0. The van der Waals surface area contributed by atoms with Crippen molar-refractivity contribution >= 4 is 17.8 Å². The number of ether oxygens (including phenoxy) is 1. The van der Waals surface area contributed by atoms with Gasteiger partial charge in [-0.15, -0.1) is 0 Å². The molecule has 1 heterocycles. The predicted molar refractivity (Wildman–Crippen MR) is 121 cm³/mol. The van der Waals surface area contributed by atoms with Crippen LogP contribution in [0.5, 0.6) is 0 Å². The Hall–Kier alpha value is -2.62. The zero-order chi connectivity index (χ0) is 25.1. The highest BCUT2D eigenvalue weighted by Crippen LogP contribution is 2.24. The molecule has 1 aromatic carbocycles. The summed E-state index contributed by atoms with van der Waals surface area (Å²) < 4.78 is 44.8. The summed E-state index contributed by atoms with van der Waals surface area (Å²) in [6.45, 7) is 2.31. The van der Waals surface area contributed by atoms with Gasteiger partial charge in [-0.05, 0) is 37.7 Å². The lowest BCUT2D eigenvalue weighted by molar-refractivity contribution is -0.186. The lowest BCUT2D eigenvalue weighted by Gasteiger charge is -2.32. The number of rotatable bonds is 12. The van der Waals surface area contributed by atoms with Crippen LogP contribution in [0.15, 0.2) is 30.3 Å². The Kier molecular flexibility index (Phi) is 10.8. The molecule has 0 aliphatic carbocycles. The second-order valence-corrected chi connectivity index (χ2v) is 8.53. The zero-order valence-corrected chi connectivity index (χ0v) is 19.6. The summed E-state index contributed by atoms with van der Waals surface area (Å²) in [4.78, 5) is 39.0. The van der Waals surface area contributed by atoms with Crippen molar-refractivity contribution in [3.8, 4) is 0 Å². The first-order valence-corrected chi connectivity index (χ1v) is 11.7. The summed E-state index contributed by atoms with van der Waals surface area (Å²) in [5.74, 6) is -2.77. The third kappa shape index (κ3) is 8.62. The maximum atomic E-state index is 13.2. The van der Waals surface area contributed by atoms with Gasteiger partial charge in [0.25, 0.3) is 0 Å². The minimum atomic E-state index is -5.00. The highest BCUT2D eigenvalue weighted by molar-refractivity contribution is 5.84. The number of nitrogens with two attached hydrogens (primary N) is 1. The van der Waals surface area contributed by atoms with Crippen LogP contribution in [0.2, 0.25) is 0 Å². The first-order valence-electron chi connectivity index (χ1n) is 11.7. The molecule has 1 aliphatic heterocycles. The lowest BCUT2D eigenvalue weighted by Crippen LogP contribution is -2.52. The normalized spacial score (nSPS) is 16.9. The number of esters is 1. The van der Waals surface area contributed by atoms with Gasteiger partial charge in [0.2, 0.25) is 5.91 Å². The number of unbranched alkanes of at least 4 members (excludes halogenated alkanes) is 1. The largest absolute Gasteiger partial charge is 0.471 e. The Morgan fingerprint density at radius 3 is 2.59 bits per heavy atom. The van der Waals surface area contributed by atoms with Gasteiger partial charge in [-0.25, -0.2) is 0 Å². The number of hydrogen-bond acceptors (Lipinski definition) is 5. The summed E-state index contributed by atoms with van der Waals surface area (Å²) in [5, 5.41) is 0. The van der Waals surface area contributed by atoms with E-state index in [4.69, 9.17) is 10.5 Å². The standard InChI is InChI=1S/C24H34F3N3O4/c1-2-3-16-34-21(31)12-11-20(28)22(32)30-14-7-10-19(30)17-29(23(33)24(25,26)27)15-13-18-8-5-4-6-9-18/h4-6,8-9,19-20H,2-3,7,10-17,28H2,1H3/t19-,20-/m0/s1. The van der Waals surface area contributed by atoms with Crippen molar-refractivity contribution in [2.75, 3.05) is 26.2 Å². The molecule has 34 heavy (non-hydrogen) atoms. The van der Waals surface area contributed by atoms with Crippen LogP contribution >= 0.6 is 0 Å². The van der Waals surface area contributed by atoms with Gasteiger partial charge in [0.05, 0.1) is 12.6 Å². The summed E-state index contributed by atoms with van der Waals surface area (Å²) in [6.07, 6.45) is -1.93. The monoisotopic (exact) mass is 485 g/mol. The average molecular weight is 486 g/mol. The summed E-state index contributed by atoms with van der Waals surface area (Å²) in [6, 6.07) is 7.42. The first kappa shape index (κ1) is 27.6. The molecule has 1 saturated heterocycles. The van der Waals surface area contributed by atoms with E-state index in [1.54, 1.807) is 30.3 Å². The number of likely N-dealkylation sites (tertiary alicyclic amines) is 1. The Morgan fingerprint density at radius 2 is 1.94 bits per heavy atom. The van der Waals surface area contributed by atoms with Gasteiger partial charge >= 0.3 is 18.1 Å². The molecular formula is C24H34F3N3O4. The quantitative estimate of drug-likeness (QED) is 0.363. The smallest absolute Gasteiger partial charge is 0.466 e. The molecular weight excluding hydrogens is 451 g/mol. The second kappa shape index (κ2) is 13.3. The van der Waals surface area contributed by atoms with Gasteiger partial charge in [-0.1, -0.05) is 43.7 Å². The fourth-order valence-corrected chi connectivity index (χ4v) is 3.95. The number of hydrogen-bond donors (Lipinski definition) is 1. The fourth-order valence-electron chi connectivity index (χ4n) is 3.95. The topological polar surface area (TPSA) is 92.9 Å². The molecule has 2 amide bonds. The number of halogens is 3. The Balaban J connectivity index is 1.98.